The maximum absolute atomic E-state index is 13.7. The number of hydrogen-bond acceptors (Lipinski definition) is 4. The first-order valence-electron chi connectivity index (χ1n) is 13.1. The van der Waals surface area contributed by atoms with Crippen molar-refractivity contribution in [2.45, 2.75) is 62.7 Å². The number of carbonyl (C=O) groups excluding carboxylic acids is 2. The summed E-state index contributed by atoms with van der Waals surface area (Å²) in [5.41, 5.74) is 2.46. The normalized spacial score (nSPS) is 28.8. The second-order valence-electron chi connectivity index (χ2n) is 10.8. The minimum atomic E-state index is -1.13. The van der Waals surface area contributed by atoms with Gasteiger partial charge < -0.3 is 15.5 Å². The van der Waals surface area contributed by atoms with Gasteiger partial charge in [-0.2, -0.15) is 5.26 Å². The minimum Gasteiger partial charge on any atom is -0.326 e. The summed E-state index contributed by atoms with van der Waals surface area (Å²) in [6, 6.07) is 19.4. The Hall–Kier alpha value is -3.50. The molecule has 2 aromatic carbocycles. The monoisotopic (exact) mass is 500 g/mol. The van der Waals surface area contributed by atoms with Gasteiger partial charge >= 0.3 is 0 Å². The number of nitrogens with one attached hydrogen (secondary N) is 2. The third-order valence-electron chi connectivity index (χ3n) is 8.50. The van der Waals surface area contributed by atoms with Crippen LogP contribution in [0.4, 0.5) is 10.1 Å². The highest BCUT2D eigenvalue weighted by Gasteiger charge is 2.52. The third-order valence-corrected chi connectivity index (χ3v) is 8.50. The molecule has 2 atom stereocenters. The quantitative estimate of drug-likeness (QED) is 0.528. The van der Waals surface area contributed by atoms with Crippen LogP contribution < -0.4 is 10.6 Å². The molecule has 0 unspecified atom stereocenters. The van der Waals surface area contributed by atoms with E-state index in [1.54, 1.807) is 0 Å². The van der Waals surface area contributed by atoms with Gasteiger partial charge in [0, 0.05) is 23.1 Å². The Bertz CT molecular complexity index is 1180. The number of halogens is 1. The highest BCUT2D eigenvalue weighted by molar-refractivity contribution is 5.95. The van der Waals surface area contributed by atoms with Crippen molar-refractivity contribution in [3.63, 3.8) is 0 Å². The fraction of sp³-hybridized carbons (Fsp3) is 0.433. The van der Waals surface area contributed by atoms with Crippen LogP contribution in [-0.2, 0) is 9.59 Å². The molecule has 1 heterocycles. The van der Waals surface area contributed by atoms with Gasteiger partial charge in [0.25, 0.3) is 0 Å². The number of nitrogens with zero attached hydrogens (tertiary/aromatic N) is 2. The molecule has 4 aliphatic rings. The number of benzene rings is 2. The molecule has 6 nitrogen and oxygen atoms in total. The largest absolute Gasteiger partial charge is 0.326 e. The van der Waals surface area contributed by atoms with Gasteiger partial charge in [0.2, 0.25) is 11.8 Å². The van der Waals surface area contributed by atoms with Crippen LogP contribution in [0.3, 0.4) is 0 Å². The second-order valence-corrected chi connectivity index (χ2v) is 10.8. The number of amides is 2. The summed E-state index contributed by atoms with van der Waals surface area (Å²) in [4.78, 5) is 27.3. The lowest BCUT2D eigenvalue weighted by Crippen LogP contribution is -2.59. The van der Waals surface area contributed by atoms with E-state index in [9.17, 15) is 19.2 Å². The molecule has 6 rings (SSSR count). The van der Waals surface area contributed by atoms with E-state index in [4.69, 9.17) is 0 Å². The number of nitriles is 1. The van der Waals surface area contributed by atoms with Crippen molar-refractivity contribution in [3.05, 3.63) is 65.7 Å². The molecule has 37 heavy (non-hydrogen) atoms. The number of likely N-dealkylation sites (tertiary alicyclic amines) is 1. The third kappa shape index (κ3) is 5.45. The number of hydrogen-bond donors (Lipinski definition) is 2. The maximum Gasteiger partial charge on any atom is 0.237 e. The second kappa shape index (κ2) is 10.5. The van der Waals surface area contributed by atoms with Crippen molar-refractivity contribution >= 4 is 29.7 Å². The molecule has 3 aliphatic carbocycles. The average Bonchev–Trinajstić information content (AvgIpc) is 3.33. The molecule has 2 bridgehead atoms. The molecule has 3 saturated carbocycles. The van der Waals surface area contributed by atoms with Crippen molar-refractivity contribution in [1.82, 2.24) is 10.2 Å². The topological polar surface area (TPSA) is 85.2 Å². The maximum atomic E-state index is 13.7. The molecule has 0 radical (unpaired) electrons. The Morgan fingerprint density at radius 3 is 2.22 bits per heavy atom. The predicted octanol–water partition coefficient (Wildman–Crippen LogP) is 4.94. The molecule has 4 fully saturated rings. The Balaban J connectivity index is 1.13. The molecule has 2 N–H and O–H groups in total. The number of fused-ring (bicyclic) bond motifs is 3. The van der Waals surface area contributed by atoms with E-state index in [2.05, 4.69) is 34.9 Å². The van der Waals surface area contributed by atoms with Crippen LogP contribution in [0.15, 0.2) is 54.6 Å². The summed E-state index contributed by atoms with van der Waals surface area (Å²) in [6.07, 6.45) is 7.88. The average molecular weight is 501 g/mol. The van der Waals surface area contributed by atoms with Crippen molar-refractivity contribution in [2.75, 3.05) is 18.4 Å². The standard InChI is InChI=1S/C30H33FN4O2/c31-24-18-26(19-32)35(21-24)27(36)20-33-30-15-12-29(13-16-30,14-17-30)28(37)34-25-10-8-23(9-11-25)7-6-22-4-2-1-3-5-22/h1-11,24,26,33H,12-18,20-21H2,(H,34,37)/t24-,26-,29?,30?/m0/s1. The summed E-state index contributed by atoms with van der Waals surface area (Å²) in [5, 5.41) is 15.8. The molecular formula is C30H33FN4O2. The minimum absolute atomic E-state index is 0.000679. The molecule has 1 aliphatic heterocycles. The van der Waals surface area contributed by atoms with Crippen LogP contribution in [0, 0.1) is 16.7 Å². The van der Waals surface area contributed by atoms with Crippen molar-refractivity contribution in [3.8, 4) is 6.07 Å². The van der Waals surface area contributed by atoms with Crippen LogP contribution in [0.5, 0.6) is 0 Å². The zero-order valence-corrected chi connectivity index (χ0v) is 21.0. The van der Waals surface area contributed by atoms with Crippen LogP contribution >= 0.6 is 0 Å². The van der Waals surface area contributed by atoms with Gasteiger partial charge in [-0.1, -0.05) is 54.6 Å². The Labute approximate surface area is 217 Å². The molecule has 192 valence electrons. The van der Waals surface area contributed by atoms with E-state index in [1.807, 2.05) is 48.5 Å². The fourth-order valence-corrected chi connectivity index (χ4v) is 6.04. The molecule has 0 aromatic heterocycles. The molecular weight excluding hydrogens is 467 g/mol. The first-order chi connectivity index (χ1) is 17.9. The van der Waals surface area contributed by atoms with E-state index in [0.29, 0.717) is 0 Å². The lowest BCUT2D eigenvalue weighted by Gasteiger charge is -2.52. The lowest BCUT2D eigenvalue weighted by atomic mass is 9.57. The number of anilines is 1. The Morgan fingerprint density at radius 1 is 0.973 bits per heavy atom. The van der Waals surface area contributed by atoms with Crippen LogP contribution in [0.1, 0.15) is 56.1 Å². The Kier molecular flexibility index (Phi) is 7.12. The summed E-state index contributed by atoms with van der Waals surface area (Å²) in [6.45, 7) is 0.106. The zero-order valence-electron chi connectivity index (χ0n) is 21.0. The summed E-state index contributed by atoms with van der Waals surface area (Å²) >= 11 is 0. The molecule has 0 spiro atoms. The fourth-order valence-electron chi connectivity index (χ4n) is 6.04. The summed E-state index contributed by atoms with van der Waals surface area (Å²) in [5.74, 6) is -0.143. The highest BCUT2D eigenvalue weighted by Crippen LogP contribution is 2.52. The van der Waals surface area contributed by atoms with E-state index in [1.165, 1.54) is 4.90 Å². The number of alkyl halides is 1. The lowest BCUT2D eigenvalue weighted by molar-refractivity contribution is -0.135. The number of carbonyl (C=O) groups is 2. The zero-order chi connectivity index (χ0) is 25.9. The van der Waals surface area contributed by atoms with Crippen molar-refractivity contribution in [1.29, 1.82) is 5.26 Å². The van der Waals surface area contributed by atoms with E-state index < -0.39 is 12.2 Å². The van der Waals surface area contributed by atoms with Gasteiger partial charge in [-0.15, -0.1) is 0 Å². The predicted molar refractivity (Wildman–Crippen MR) is 142 cm³/mol. The smallest absolute Gasteiger partial charge is 0.237 e. The first kappa shape index (κ1) is 25.2. The Morgan fingerprint density at radius 2 is 1.59 bits per heavy atom. The van der Waals surface area contributed by atoms with Crippen LogP contribution in [-0.4, -0.2) is 47.6 Å². The molecule has 2 aromatic rings. The summed E-state index contributed by atoms with van der Waals surface area (Å²) < 4.78 is 13.7. The van der Waals surface area contributed by atoms with Crippen molar-refractivity contribution in [2.24, 2.45) is 5.41 Å². The van der Waals surface area contributed by atoms with E-state index >= 15 is 0 Å². The van der Waals surface area contributed by atoms with E-state index in [0.717, 1.165) is 55.3 Å². The molecule has 7 heteroatoms. The van der Waals surface area contributed by atoms with Gasteiger partial charge in [0.05, 0.1) is 19.2 Å². The van der Waals surface area contributed by atoms with Crippen LogP contribution in [0.2, 0.25) is 0 Å². The van der Waals surface area contributed by atoms with Gasteiger partial charge in [0.1, 0.15) is 12.2 Å². The first-order valence-corrected chi connectivity index (χ1v) is 13.1. The van der Waals surface area contributed by atoms with Crippen molar-refractivity contribution < 1.29 is 14.0 Å². The van der Waals surface area contributed by atoms with Gasteiger partial charge in [-0.3, -0.25) is 9.59 Å². The molecule has 1 saturated heterocycles. The van der Waals surface area contributed by atoms with Gasteiger partial charge in [-0.25, -0.2) is 4.39 Å². The van der Waals surface area contributed by atoms with Gasteiger partial charge in [0.15, 0.2) is 0 Å². The summed E-state index contributed by atoms with van der Waals surface area (Å²) in [7, 11) is 0. The van der Waals surface area contributed by atoms with Gasteiger partial charge in [-0.05, 0) is 61.8 Å². The SMILES string of the molecule is N#C[C@@H]1C[C@H](F)CN1C(=O)CNC12CCC(C(=O)Nc3ccc(C=Cc4ccccc4)cc3)(CC1)CC2. The molecule has 2 amide bonds. The number of rotatable bonds is 7. The highest BCUT2D eigenvalue weighted by atomic mass is 19.1. The van der Waals surface area contributed by atoms with E-state index in [-0.39, 0.29) is 42.3 Å². The van der Waals surface area contributed by atoms with Crippen LogP contribution in [0.25, 0.3) is 12.2 Å².